The summed E-state index contributed by atoms with van der Waals surface area (Å²) in [6.07, 6.45) is 1.74. The van der Waals surface area contributed by atoms with Crippen LogP contribution in [0.25, 0.3) is 16.9 Å². The maximum Gasteiger partial charge on any atom is 0.172 e. The van der Waals surface area contributed by atoms with Crippen molar-refractivity contribution < 1.29 is 10.2 Å². The number of nitrogens with zero attached hydrogens (tertiary/aromatic N) is 4. The normalized spacial score (nSPS) is 10.8. The molecule has 0 amide bonds. The maximum atomic E-state index is 9.18. The maximum absolute atomic E-state index is 9.18. The van der Waals surface area contributed by atoms with Crippen molar-refractivity contribution in [2.75, 3.05) is 31.6 Å². The van der Waals surface area contributed by atoms with Crippen LogP contribution in [0.15, 0.2) is 76.2 Å². The molecule has 0 saturated carbocycles. The fraction of sp³-hybridized carbons (Fsp3) is 0.250. The number of aromatic nitrogens is 3. The molecule has 33 heavy (non-hydrogen) atoms. The molecule has 0 atom stereocenters. The number of aliphatic hydroxyl groups is 2. The van der Waals surface area contributed by atoms with Gasteiger partial charge in [0.1, 0.15) is 5.82 Å². The Bertz CT molecular complexity index is 1130. The molecule has 9 heteroatoms. The number of halogens is 1. The Hall–Kier alpha value is -2.43. The Kier molecular flexibility index (Phi) is 9.71. The standard InChI is InChI=1S/C22H22BrN5O2S.C2H6/c23-19-15-24-28-21(14-20(26-22(19)28)16-4-2-1-3-5-16)25-17-6-8-18(9-7-17)31-27(10-12-29)11-13-30;1-2/h1-9,14-15,25,29-30H,10-13H2;1-2H3. The fourth-order valence-corrected chi connectivity index (χ4v) is 4.35. The van der Waals surface area contributed by atoms with E-state index in [0.29, 0.717) is 13.1 Å². The predicted octanol–water partition coefficient (Wildman–Crippen LogP) is 5.22. The first-order chi connectivity index (χ1) is 16.2. The number of anilines is 2. The Balaban J connectivity index is 0.00000149. The van der Waals surface area contributed by atoms with Crippen LogP contribution >= 0.6 is 27.9 Å². The number of fused-ring (bicyclic) bond motifs is 1. The molecule has 2 aromatic heterocycles. The summed E-state index contributed by atoms with van der Waals surface area (Å²) in [5, 5.41) is 26.2. The van der Waals surface area contributed by atoms with Gasteiger partial charge in [-0.25, -0.2) is 9.29 Å². The van der Waals surface area contributed by atoms with Crippen molar-refractivity contribution in [2.45, 2.75) is 18.7 Å². The van der Waals surface area contributed by atoms with E-state index in [4.69, 9.17) is 4.98 Å². The van der Waals surface area contributed by atoms with Crippen molar-refractivity contribution in [1.82, 2.24) is 18.9 Å². The van der Waals surface area contributed by atoms with Crippen molar-refractivity contribution in [1.29, 1.82) is 0 Å². The predicted molar refractivity (Wildman–Crippen MR) is 139 cm³/mol. The molecule has 0 fully saturated rings. The average Bonchev–Trinajstić information content (AvgIpc) is 3.23. The van der Waals surface area contributed by atoms with E-state index in [9.17, 15) is 10.2 Å². The zero-order chi connectivity index (χ0) is 23.6. The molecule has 7 nitrogen and oxygen atoms in total. The van der Waals surface area contributed by atoms with Crippen molar-refractivity contribution in [3.05, 3.63) is 71.3 Å². The summed E-state index contributed by atoms with van der Waals surface area (Å²) >= 11 is 5.04. The van der Waals surface area contributed by atoms with E-state index in [2.05, 4.69) is 26.3 Å². The van der Waals surface area contributed by atoms with Gasteiger partial charge in [-0.05, 0) is 52.1 Å². The average molecular weight is 530 g/mol. The van der Waals surface area contributed by atoms with Gasteiger partial charge in [0.2, 0.25) is 0 Å². The molecule has 0 bridgehead atoms. The third-order valence-electron chi connectivity index (χ3n) is 4.56. The van der Waals surface area contributed by atoms with Gasteiger partial charge in [0, 0.05) is 35.3 Å². The smallest absolute Gasteiger partial charge is 0.172 e. The van der Waals surface area contributed by atoms with Crippen LogP contribution in [0, 0.1) is 0 Å². The van der Waals surface area contributed by atoms with Crippen LogP contribution in [0.5, 0.6) is 0 Å². The first kappa shape index (κ1) is 25.2. The van der Waals surface area contributed by atoms with Gasteiger partial charge < -0.3 is 15.5 Å². The third-order valence-corrected chi connectivity index (χ3v) is 6.22. The molecule has 4 rings (SSSR count). The Labute approximate surface area is 206 Å². The molecule has 2 aromatic carbocycles. The lowest BCUT2D eigenvalue weighted by Crippen LogP contribution is -2.22. The van der Waals surface area contributed by atoms with Crippen molar-refractivity contribution in [2.24, 2.45) is 0 Å². The topological polar surface area (TPSA) is 85.9 Å². The molecule has 2 heterocycles. The largest absolute Gasteiger partial charge is 0.395 e. The zero-order valence-electron chi connectivity index (χ0n) is 18.6. The van der Waals surface area contributed by atoms with E-state index in [1.54, 1.807) is 10.7 Å². The summed E-state index contributed by atoms with van der Waals surface area (Å²) in [6.45, 7) is 5.09. The zero-order valence-corrected chi connectivity index (χ0v) is 21.1. The number of hydrogen-bond donors (Lipinski definition) is 3. The molecule has 0 aliphatic carbocycles. The van der Waals surface area contributed by atoms with Gasteiger partial charge in [-0.15, -0.1) is 0 Å². The highest BCUT2D eigenvalue weighted by Gasteiger charge is 2.12. The second kappa shape index (κ2) is 12.7. The number of aliphatic hydroxyl groups excluding tert-OH is 2. The summed E-state index contributed by atoms with van der Waals surface area (Å²) in [7, 11) is 0. The first-order valence-electron chi connectivity index (χ1n) is 10.8. The molecular formula is C24H28BrN5O2S. The van der Waals surface area contributed by atoms with Crippen LogP contribution in [-0.4, -0.2) is 55.4 Å². The SMILES string of the molecule is CC.OCCN(CCO)Sc1ccc(Nc2cc(-c3ccccc3)nc3c(Br)cnn23)cc1. The molecule has 0 spiro atoms. The number of hydrogen-bond acceptors (Lipinski definition) is 7. The second-order valence-electron chi connectivity index (χ2n) is 6.74. The van der Waals surface area contributed by atoms with Crippen LogP contribution in [-0.2, 0) is 0 Å². The Morgan fingerprint density at radius 3 is 2.30 bits per heavy atom. The van der Waals surface area contributed by atoms with Gasteiger partial charge in [-0.1, -0.05) is 44.2 Å². The molecule has 0 saturated heterocycles. The van der Waals surface area contributed by atoms with E-state index in [1.165, 1.54) is 11.9 Å². The van der Waals surface area contributed by atoms with Crippen LogP contribution in [0.3, 0.4) is 0 Å². The van der Waals surface area contributed by atoms with Crippen LogP contribution in [0.4, 0.5) is 11.5 Å². The quantitative estimate of drug-likeness (QED) is 0.256. The molecular weight excluding hydrogens is 502 g/mol. The van der Waals surface area contributed by atoms with Gasteiger partial charge in [0.05, 0.1) is 29.6 Å². The van der Waals surface area contributed by atoms with Crippen LogP contribution < -0.4 is 5.32 Å². The van der Waals surface area contributed by atoms with Gasteiger partial charge in [-0.2, -0.15) is 9.61 Å². The molecule has 4 aromatic rings. The highest BCUT2D eigenvalue weighted by molar-refractivity contribution is 9.10. The van der Waals surface area contributed by atoms with Crippen LogP contribution in [0.1, 0.15) is 13.8 Å². The van der Waals surface area contributed by atoms with Gasteiger partial charge in [0.25, 0.3) is 0 Å². The van der Waals surface area contributed by atoms with Crippen LogP contribution in [0.2, 0.25) is 0 Å². The third kappa shape index (κ3) is 6.55. The molecule has 174 valence electrons. The minimum Gasteiger partial charge on any atom is -0.395 e. The van der Waals surface area contributed by atoms with E-state index in [-0.39, 0.29) is 13.2 Å². The number of rotatable bonds is 9. The first-order valence-corrected chi connectivity index (χ1v) is 12.4. The number of benzene rings is 2. The lowest BCUT2D eigenvalue weighted by atomic mass is 10.1. The lowest BCUT2D eigenvalue weighted by molar-refractivity contribution is 0.226. The Morgan fingerprint density at radius 1 is 1.00 bits per heavy atom. The van der Waals surface area contributed by atoms with Crippen molar-refractivity contribution in [3.63, 3.8) is 0 Å². The monoisotopic (exact) mass is 529 g/mol. The highest BCUT2D eigenvalue weighted by Crippen LogP contribution is 2.29. The molecule has 0 radical (unpaired) electrons. The number of nitrogens with one attached hydrogen (secondary N) is 1. The molecule has 0 unspecified atom stereocenters. The minimum absolute atomic E-state index is 0.0495. The van der Waals surface area contributed by atoms with E-state index in [0.717, 1.165) is 37.8 Å². The van der Waals surface area contributed by atoms with Crippen molar-refractivity contribution >= 4 is 45.0 Å². The minimum atomic E-state index is 0.0495. The summed E-state index contributed by atoms with van der Waals surface area (Å²) in [6, 6.07) is 20.0. The molecule has 0 aliphatic rings. The van der Waals surface area contributed by atoms with E-state index in [1.807, 2.05) is 78.8 Å². The van der Waals surface area contributed by atoms with Crippen molar-refractivity contribution in [3.8, 4) is 11.3 Å². The van der Waals surface area contributed by atoms with Gasteiger partial charge in [-0.3, -0.25) is 0 Å². The summed E-state index contributed by atoms with van der Waals surface area (Å²) < 4.78 is 4.53. The van der Waals surface area contributed by atoms with Gasteiger partial charge in [0.15, 0.2) is 5.65 Å². The summed E-state index contributed by atoms with van der Waals surface area (Å²) in [4.78, 5) is 5.78. The lowest BCUT2D eigenvalue weighted by Gasteiger charge is -2.19. The molecule has 0 aliphatic heterocycles. The van der Waals surface area contributed by atoms with E-state index < -0.39 is 0 Å². The second-order valence-corrected chi connectivity index (χ2v) is 8.76. The Morgan fingerprint density at radius 2 is 1.67 bits per heavy atom. The van der Waals surface area contributed by atoms with E-state index >= 15 is 0 Å². The molecule has 3 N–H and O–H groups in total. The summed E-state index contributed by atoms with van der Waals surface area (Å²) in [5.74, 6) is 0.803. The summed E-state index contributed by atoms with van der Waals surface area (Å²) in [5.41, 5.74) is 3.53. The van der Waals surface area contributed by atoms with Gasteiger partial charge >= 0.3 is 0 Å². The fourth-order valence-electron chi connectivity index (χ4n) is 3.10. The highest BCUT2D eigenvalue weighted by atomic mass is 79.9.